The molecule has 1 saturated heterocycles. The van der Waals surface area contributed by atoms with Crippen molar-refractivity contribution in [2.24, 2.45) is 5.41 Å². The van der Waals surface area contributed by atoms with Gasteiger partial charge in [-0.05, 0) is 23.8 Å². The summed E-state index contributed by atoms with van der Waals surface area (Å²) in [4.78, 5) is 12.4. The first-order chi connectivity index (χ1) is 11.4. The van der Waals surface area contributed by atoms with Crippen LogP contribution in [0.3, 0.4) is 0 Å². The summed E-state index contributed by atoms with van der Waals surface area (Å²) in [6.45, 7) is 1.82. The lowest BCUT2D eigenvalue weighted by molar-refractivity contribution is -0.135. The SMILES string of the molecule is C[C@@]1(CS(=O)(=O)c2ccccc2)COC(=O)/C1=C/c1ccccc1. The van der Waals surface area contributed by atoms with Gasteiger partial charge >= 0.3 is 5.97 Å². The molecule has 2 aromatic rings. The largest absolute Gasteiger partial charge is 0.461 e. The first kappa shape index (κ1) is 16.5. The normalized spacial score (nSPS) is 22.5. The Bertz CT molecular complexity index is 870. The predicted octanol–water partition coefficient (Wildman–Crippen LogP) is 3.11. The lowest BCUT2D eigenvalue weighted by Crippen LogP contribution is -2.29. The molecule has 0 aromatic heterocycles. The van der Waals surface area contributed by atoms with Crippen LogP contribution in [0.25, 0.3) is 6.08 Å². The van der Waals surface area contributed by atoms with Crippen LogP contribution < -0.4 is 0 Å². The van der Waals surface area contributed by atoms with Gasteiger partial charge in [-0.3, -0.25) is 0 Å². The Labute approximate surface area is 141 Å². The minimum absolute atomic E-state index is 0.0660. The first-order valence-electron chi connectivity index (χ1n) is 7.63. The highest BCUT2D eigenvalue weighted by molar-refractivity contribution is 7.91. The molecule has 24 heavy (non-hydrogen) atoms. The minimum atomic E-state index is -3.52. The second-order valence-corrected chi connectivity index (χ2v) is 8.17. The van der Waals surface area contributed by atoms with E-state index in [4.69, 9.17) is 4.74 Å². The second-order valence-electron chi connectivity index (χ2n) is 6.18. The van der Waals surface area contributed by atoms with E-state index in [1.54, 1.807) is 43.3 Å². The predicted molar refractivity (Wildman–Crippen MR) is 92.0 cm³/mol. The molecular formula is C19H18O4S. The van der Waals surface area contributed by atoms with Crippen LogP contribution in [0, 0.1) is 5.41 Å². The fraction of sp³-hybridized carbons (Fsp3) is 0.211. The van der Waals surface area contributed by atoms with Gasteiger partial charge in [0.15, 0.2) is 9.84 Å². The van der Waals surface area contributed by atoms with Crippen LogP contribution in [0.5, 0.6) is 0 Å². The molecule has 3 rings (SSSR count). The summed E-state index contributed by atoms with van der Waals surface area (Å²) in [6, 6.07) is 17.6. The number of esters is 1. The molecule has 5 heteroatoms. The molecule has 1 aliphatic rings. The Morgan fingerprint density at radius 3 is 2.25 bits per heavy atom. The van der Waals surface area contributed by atoms with E-state index in [2.05, 4.69) is 0 Å². The molecule has 2 aromatic carbocycles. The lowest BCUT2D eigenvalue weighted by Gasteiger charge is -2.22. The Morgan fingerprint density at radius 2 is 1.62 bits per heavy atom. The van der Waals surface area contributed by atoms with E-state index >= 15 is 0 Å². The average molecular weight is 342 g/mol. The Kier molecular flexibility index (Phi) is 4.28. The summed E-state index contributed by atoms with van der Waals surface area (Å²) < 4.78 is 30.6. The van der Waals surface area contributed by atoms with E-state index in [1.165, 1.54) is 0 Å². The van der Waals surface area contributed by atoms with Gasteiger partial charge < -0.3 is 4.74 Å². The highest BCUT2D eigenvalue weighted by Gasteiger charge is 2.45. The van der Waals surface area contributed by atoms with Crippen molar-refractivity contribution in [3.63, 3.8) is 0 Å². The van der Waals surface area contributed by atoms with Gasteiger partial charge in [0.25, 0.3) is 0 Å². The number of cyclic esters (lactones) is 1. The van der Waals surface area contributed by atoms with Crippen molar-refractivity contribution in [3.8, 4) is 0 Å². The van der Waals surface area contributed by atoms with E-state index < -0.39 is 21.2 Å². The minimum Gasteiger partial charge on any atom is -0.461 e. The third-order valence-electron chi connectivity index (χ3n) is 4.11. The van der Waals surface area contributed by atoms with Crippen molar-refractivity contribution in [2.75, 3.05) is 12.4 Å². The van der Waals surface area contributed by atoms with E-state index in [1.807, 2.05) is 30.3 Å². The molecule has 1 aliphatic heterocycles. The molecule has 0 amide bonds. The molecule has 1 atom stereocenters. The first-order valence-corrected chi connectivity index (χ1v) is 9.28. The molecule has 0 aliphatic carbocycles. The molecule has 0 spiro atoms. The molecule has 4 nitrogen and oxygen atoms in total. The third kappa shape index (κ3) is 3.26. The Hall–Kier alpha value is -2.40. The number of ether oxygens (including phenoxy) is 1. The number of benzene rings is 2. The lowest BCUT2D eigenvalue weighted by atomic mass is 9.86. The maximum absolute atomic E-state index is 12.7. The van der Waals surface area contributed by atoms with Crippen molar-refractivity contribution < 1.29 is 17.9 Å². The van der Waals surface area contributed by atoms with Crippen molar-refractivity contribution in [3.05, 3.63) is 71.8 Å². The summed E-state index contributed by atoms with van der Waals surface area (Å²) in [5.41, 5.74) is 0.365. The van der Waals surface area contributed by atoms with Gasteiger partial charge in [0.2, 0.25) is 0 Å². The smallest absolute Gasteiger partial charge is 0.334 e. The van der Waals surface area contributed by atoms with Crippen molar-refractivity contribution in [1.29, 1.82) is 0 Å². The Balaban J connectivity index is 1.96. The molecule has 0 bridgehead atoms. The van der Waals surface area contributed by atoms with E-state index in [0.29, 0.717) is 5.57 Å². The van der Waals surface area contributed by atoms with Gasteiger partial charge in [0.05, 0.1) is 10.6 Å². The molecule has 1 fully saturated rings. The van der Waals surface area contributed by atoms with E-state index in [0.717, 1.165) is 5.56 Å². The topological polar surface area (TPSA) is 60.4 Å². The van der Waals surface area contributed by atoms with Crippen molar-refractivity contribution in [2.45, 2.75) is 11.8 Å². The summed E-state index contributed by atoms with van der Waals surface area (Å²) in [5, 5.41) is 0. The molecule has 0 N–H and O–H groups in total. The fourth-order valence-electron chi connectivity index (χ4n) is 2.83. The maximum Gasteiger partial charge on any atom is 0.334 e. The number of carbonyl (C=O) groups is 1. The van der Waals surface area contributed by atoms with Crippen LogP contribution in [-0.4, -0.2) is 26.7 Å². The number of carbonyl (C=O) groups excluding carboxylic acids is 1. The van der Waals surface area contributed by atoms with Crippen LogP contribution in [-0.2, 0) is 19.4 Å². The zero-order chi connectivity index (χ0) is 17.2. The zero-order valence-corrected chi connectivity index (χ0v) is 14.1. The fourth-order valence-corrected chi connectivity index (χ4v) is 4.64. The van der Waals surface area contributed by atoms with E-state index in [-0.39, 0.29) is 17.3 Å². The van der Waals surface area contributed by atoms with Gasteiger partial charge in [0, 0.05) is 11.0 Å². The molecule has 0 radical (unpaired) electrons. The molecule has 0 unspecified atom stereocenters. The van der Waals surface area contributed by atoms with Crippen molar-refractivity contribution in [1.82, 2.24) is 0 Å². The molecule has 124 valence electrons. The summed E-state index contributed by atoms with van der Waals surface area (Å²) in [5.74, 6) is -0.626. The summed E-state index contributed by atoms with van der Waals surface area (Å²) in [6.07, 6.45) is 1.72. The molecule has 0 saturated carbocycles. The molecule has 1 heterocycles. The number of sulfone groups is 1. The van der Waals surface area contributed by atoms with Crippen LogP contribution in [0.15, 0.2) is 71.1 Å². The van der Waals surface area contributed by atoms with Gasteiger partial charge in [0.1, 0.15) is 6.61 Å². The summed E-state index contributed by atoms with van der Waals surface area (Å²) >= 11 is 0. The van der Waals surface area contributed by atoms with Gasteiger partial charge in [-0.2, -0.15) is 0 Å². The zero-order valence-electron chi connectivity index (χ0n) is 13.3. The standard InChI is InChI=1S/C19H18O4S/c1-19(14-24(21,22)16-10-6-3-7-11-16)13-23-18(20)17(19)12-15-8-4-2-5-9-15/h2-12H,13-14H2,1H3/b17-12-/t19-/m0/s1. The van der Waals surface area contributed by atoms with Crippen LogP contribution >= 0.6 is 0 Å². The van der Waals surface area contributed by atoms with Crippen LogP contribution in [0.2, 0.25) is 0 Å². The van der Waals surface area contributed by atoms with Crippen molar-refractivity contribution >= 4 is 21.9 Å². The van der Waals surface area contributed by atoms with Gasteiger partial charge in [-0.1, -0.05) is 55.5 Å². The highest BCUT2D eigenvalue weighted by Crippen LogP contribution is 2.38. The quantitative estimate of drug-likeness (QED) is 0.633. The monoisotopic (exact) mass is 342 g/mol. The number of hydrogen-bond acceptors (Lipinski definition) is 4. The Morgan fingerprint density at radius 1 is 1.04 bits per heavy atom. The summed E-state index contributed by atoms with van der Waals surface area (Å²) in [7, 11) is -3.52. The molecular weight excluding hydrogens is 324 g/mol. The van der Waals surface area contributed by atoms with E-state index in [9.17, 15) is 13.2 Å². The number of rotatable bonds is 4. The number of hydrogen-bond donors (Lipinski definition) is 0. The second kappa shape index (κ2) is 6.24. The van der Waals surface area contributed by atoms with Crippen LogP contribution in [0.4, 0.5) is 0 Å². The van der Waals surface area contributed by atoms with Crippen LogP contribution in [0.1, 0.15) is 12.5 Å². The highest BCUT2D eigenvalue weighted by atomic mass is 32.2. The average Bonchev–Trinajstić information content (AvgIpc) is 2.84. The third-order valence-corrected chi connectivity index (χ3v) is 6.12. The van der Waals surface area contributed by atoms with Gasteiger partial charge in [-0.15, -0.1) is 0 Å². The maximum atomic E-state index is 12.7. The van der Waals surface area contributed by atoms with Gasteiger partial charge in [-0.25, -0.2) is 13.2 Å².